The summed E-state index contributed by atoms with van der Waals surface area (Å²) in [5, 5.41) is 9.17. The van der Waals surface area contributed by atoms with E-state index in [0.29, 0.717) is 10.6 Å². The molecule has 1 aromatic carbocycles. The predicted molar refractivity (Wildman–Crippen MR) is 61.9 cm³/mol. The topological polar surface area (TPSA) is 66.9 Å². The van der Waals surface area contributed by atoms with Crippen molar-refractivity contribution in [2.75, 3.05) is 0 Å². The number of amides is 1. The molecule has 1 rings (SSSR count). The van der Waals surface area contributed by atoms with E-state index in [2.05, 4.69) is 15.9 Å². The van der Waals surface area contributed by atoms with Crippen molar-refractivity contribution in [3.8, 4) is 6.07 Å². The van der Waals surface area contributed by atoms with E-state index in [9.17, 15) is 4.79 Å². The number of benzene rings is 1. The lowest BCUT2D eigenvalue weighted by Gasteiger charge is -1.99. The minimum atomic E-state index is -0.760. The van der Waals surface area contributed by atoms with Crippen LogP contribution in [0.4, 0.5) is 0 Å². The number of primary amides is 1. The quantitative estimate of drug-likeness (QED) is 0.670. The summed E-state index contributed by atoms with van der Waals surface area (Å²) in [6.45, 7) is 0. The van der Waals surface area contributed by atoms with E-state index in [1.807, 2.05) is 0 Å². The second-order valence-corrected chi connectivity index (χ2v) is 3.99. The molecule has 0 aromatic heterocycles. The van der Waals surface area contributed by atoms with Crippen LogP contribution < -0.4 is 5.73 Å². The molecule has 15 heavy (non-hydrogen) atoms. The van der Waals surface area contributed by atoms with Gasteiger partial charge < -0.3 is 5.73 Å². The maximum absolute atomic E-state index is 10.8. The summed E-state index contributed by atoms with van der Waals surface area (Å²) in [5.41, 5.74) is 5.53. The number of rotatable bonds is 2. The molecular weight excluding hydrogens is 279 g/mol. The molecule has 0 radical (unpaired) electrons. The van der Waals surface area contributed by atoms with Gasteiger partial charge in [0, 0.05) is 9.50 Å². The van der Waals surface area contributed by atoms with Crippen LogP contribution in [0, 0.1) is 11.3 Å². The highest BCUT2D eigenvalue weighted by Gasteiger charge is 2.05. The van der Waals surface area contributed by atoms with E-state index in [1.165, 1.54) is 6.08 Å². The van der Waals surface area contributed by atoms with Gasteiger partial charge in [0.05, 0.1) is 0 Å². The third-order valence-corrected chi connectivity index (χ3v) is 2.60. The van der Waals surface area contributed by atoms with Crippen molar-refractivity contribution in [2.24, 2.45) is 5.73 Å². The number of hydrogen-bond acceptors (Lipinski definition) is 2. The number of hydrogen-bond donors (Lipinski definition) is 1. The average molecular weight is 286 g/mol. The zero-order valence-corrected chi connectivity index (χ0v) is 9.84. The van der Waals surface area contributed by atoms with E-state index < -0.39 is 5.91 Å². The zero-order valence-electron chi connectivity index (χ0n) is 7.50. The van der Waals surface area contributed by atoms with Crippen molar-refractivity contribution in [2.45, 2.75) is 0 Å². The first kappa shape index (κ1) is 11.8. The van der Waals surface area contributed by atoms with E-state index in [4.69, 9.17) is 22.6 Å². The number of carbonyl (C=O) groups excluding carboxylic acids is 1. The smallest absolute Gasteiger partial charge is 0.259 e. The van der Waals surface area contributed by atoms with Crippen LogP contribution in [0.5, 0.6) is 0 Å². The summed E-state index contributed by atoms with van der Waals surface area (Å²) in [4.78, 5) is 10.8. The molecule has 76 valence electrons. The van der Waals surface area contributed by atoms with Crippen molar-refractivity contribution >= 4 is 39.5 Å². The summed E-state index contributed by atoms with van der Waals surface area (Å²) < 4.78 is 0.737. The monoisotopic (exact) mass is 284 g/mol. The first-order valence-electron chi connectivity index (χ1n) is 3.91. The molecule has 0 aliphatic rings. The fourth-order valence-corrected chi connectivity index (χ4v) is 1.48. The molecule has 0 heterocycles. The van der Waals surface area contributed by atoms with Gasteiger partial charge in [0.15, 0.2) is 0 Å². The van der Waals surface area contributed by atoms with Gasteiger partial charge in [-0.1, -0.05) is 27.5 Å². The zero-order chi connectivity index (χ0) is 11.4. The third kappa shape index (κ3) is 3.08. The van der Waals surface area contributed by atoms with Crippen LogP contribution in [0.25, 0.3) is 6.08 Å². The number of halogens is 2. The van der Waals surface area contributed by atoms with Crippen LogP contribution in [0.1, 0.15) is 5.56 Å². The lowest BCUT2D eigenvalue weighted by atomic mass is 10.1. The fourth-order valence-electron chi connectivity index (χ4n) is 0.939. The van der Waals surface area contributed by atoms with Gasteiger partial charge >= 0.3 is 0 Å². The molecule has 0 aliphatic carbocycles. The molecular formula is C10H6BrClN2O. The van der Waals surface area contributed by atoms with Crippen molar-refractivity contribution in [3.05, 3.63) is 38.8 Å². The second kappa shape index (κ2) is 4.96. The molecule has 2 N–H and O–H groups in total. The van der Waals surface area contributed by atoms with Crippen LogP contribution in [0.2, 0.25) is 5.02 Å². The first-order chi connectivity index (χ1) is 7.04. The molecule has 0 atom stereocenters. The lowest BCUT2D eigenvalue weighted by Crippen LogP contribution is -2.12. The minimum Gasteiger partial charge on any atom is -0.365 e. The van der Waals surface area contributed by atoms with Crippen LogP contribution in [0.3, 0.4) is 0 Å². The molecule has 0 saturated heterocycles. The minimum absolute atomic E-state index is 0.113. The summed E-state index contributed by atoms with van der Waals surface area (Å²) >= 11 is 9.05. The molecule has 3 nitrogen and oxygen atoms in total. The predicted octanol–water partition coefficient (Wildman–Crippen LogP) is 2.49. The SMILES string of the molecule is N#CC(=Cc1cc(Cl)ccc1Br)C(N)=O. The Morgan fingerprint density at radius 1 is 1.60 bits per heavy atom. The number of carbonyl (C=O) groups is 1. The van der Waals surface area contributed by atoms with Crippen molar-refractivity contribution < 1.29 is 4.79 Å². The Morgan fingerprint density at radius 3 is 2.80 bits per heavy atom. The molecule has 0 fully saturated rings. The Bertz CT molecular complexity index is 477. The standard InChI is InChI=1S/C10H6BrClN2O/c11-9-2-1-8(12)4-6(9)3-7(5-13)10(14)15/h1-4H,(H2,14,15). The molecule has 0 saturated carbocycles. The molecule has 1 aromatic rings. The Labute approximate surface area is 100 Å². The number of nitrogens with two attached hydrogens (primary N) is 1. The molecule has 0 aliphatic heterocycles. The van der Waals surface area contributed by atoms with E-state index in [0.717, 1.165) is 4.47 Å². The first-order valence-corrected chi connectivity index (χ1v) is 5.08. The van der Waals surface area contributed by atoms with Crippen molar-refractivity contribution in [3.63, 3.8) is 0 Å². The van der Waals surface area contributed by atoms with E-state index in [-0.39, 0.29) is 5.57 Å². The fraction of sp³-hybridized carbons (Fsp3) is 0. The normalized spacial score (nSPS) is 10.9. The maximum atomic E-state index is 10.8. The summed E-state index contributed by atoms with van der Waals surface area (Å²) in [5.74, 6) is -0.760. The second-order valence-electron chi connectivity index (χ2n) is 2.70. The van der Waals surface area contributed by atoms with E-state index in [1.54, 1.807) is 24.3 Å². The van der Waals surface area contributed by atoms with Gasteiger partial charge in [0.1, 0.15) is 11.6 Å². The van der Waals surface area contributed by atoms with Gasteiger partial charge in [-0.05, 0) is 29.8 Å². The molecule has 0 unspecified atom stereocenters. The average Bonchev–Trinajstić information content (AvgIpc) is 2.18. The lowest BCUT2D eigenvalue weighted by molar-refractivity contribution is -0.114. The summed E-state index contributed by atoms with van der Waals surface area (Å²) in [6, 6.07) is 6.77. The Balaban J connectivity index is 3.23. The van der Waals surface area contributed by atoms with Gasteiger partial charge in [-0.3, -0.25) is 4.79 Å². The third-order valence-electron chi connectivity index (χ3n) is 1.64. The van der Waals surface area contributed by atoms with Crippen molar-refractivity contribution in [1.82, 2.24) is 0 Å². The Morgan fingerprint density at radius 2 is 2.27 bits per heavy atom. The van der Waals surface area contributed by atoms with Crippen LogP contribution in [-0.2, 0) is 4.79 Å². The van der Waals surface area contributed by atoms with Gasteiger partial charge in [0.2, 0.25) is 0 Å². The van der Waals surface area contributed by atoms with Gasteiger partial charge in [-0.25, -0.2) is 0 Å². The molecule has 0 bridgehead atoms. The van der Waals surface area contributed by atoms with Gasteiger partial charge in [-0.15, -0.1) is 0 Å². The summed E-state index contributed by atoms with van der Waals surface area (Å²) in [7, 11) is 0. The maximum Gasteiger partial charge on any atom is 0.259 e. The van der Waals surface area contributed by atoms with Crippen molar-refractivity contribution in [1.29, 1.82) is 5.26 Å². The Kier molecular flexibility index (Phi) is 3.89. The highest BCUT2D eigenvalue weighted by Crippen LogP contribution is 2.23. The summed E-state index contributed by atoms with van der Waals surface area (Å²) in [6.07, 6.45) is 1.39. The number of nitriles is 1. The highest BCUT2D eigenvalue weighted by atomic mass is 79.9. The van der Waals surface area contributed by atoms with Gasteiger partial charge in [0.25, 0.3) is 5.91 Å². The number of nitrogens with zero attached hydrogens (tertiary/aromatic N) is 1. The van der Waals surface area contributed by atoms with Gasteiger partial charge in [-0.2, -0.15) is 5.26 Å². The highest BCUT2D eigenvalue weighted by molar-refractivity contribution is 9.10. The van der Waals surface area contributed by atoms with Crippen LogP contribution >= 0.6 is 27.5 Å². The van der Waals surface area contributed by atoms with Crippen LogP contribution in [0.15, 0.2) is 28.2 Å². The molecule has 0 spiro atoms. The molecule has 5 heteroatoms. The molecule has 1 amide bonds. The largest absolute Gasteiger partial charge is 0.365 e. The van der Waals surface area contributed by atoms with E-state index >= 15 is 0 Å². The Hall–Kier alpha value is -1.31. The van der Waals surface area contributed by atoms with Crippen LogP contribution in [-0.4, -0.2) is 5.91 Å².